The minimum Gasteiger partial charge on any atom is -0.355 e. The summed E-state index contributed by atoms with van der Waals surface area (Å²) in [7, 11) is 0.398. The second-order valence-electron chi connectivity index (χ2n) is 5.84. The topological polar surface area (TPSA) is 71.3 Å². The van der Waals surface area contributed by atoms with Gasteiger partial charge in [-0.05, 0) is 25.0 Å². The highest BCUT2D eigenvalue weighted by atomic mass is 32.2. The second-order valence-corrected chi connectivity index (χ2v) is 7.78. The predicted octanol–water partition coefficient (Wildman–Crippen LogP) is 1.24. The molecule has 23 heavy (non-hydrogen) atoms. The van der Waals surface area contributed by atoms with Crippen LogP contribution in [0.5, 0.6) is 0 Å². The first-order valence-electron chi connectivity index (χ1n) is 7.62. The van der Waals surface area contributed by atoms with Crippen LogP contribution in [0, 0.1) is 0 Å². The van der Waals surface area contributed by atoms with Gasteiger partial charge in [-0.1, -0.05) is 0 Å². The van der Waals surface area contributed by atoms with E-state index in [9.17, 15) is 8.42 Å². The van der Waals surface area contributed by atoms with Crippen LogP contribution in [0.2, 0.25) is 0 Å². The Morgan fingerprint density at radius 3 is 2.52 bits per heavy atom. The number of aryl methyl sites for hydroxylation is 1. The summed E-state index contributed by atoms with van der Waals surface area (Å²) >= 11 is 0. The van der Waals surface area contributed by atoms with E-state index in [4.69, 9.17) is 0 Å². The number of nitrogens with zero attached hydrogens (tertiary/aromatic N) is 5. The number of aromatic nitrogens is 3. The fraction of sp³-hybridized carbons (Fsp3) is 0.467. The summed E-state index contributed by atoms with van der Waals surface area (Å²) in [5, 5.41) is 4.14. The van der Waals surface area contributed by atoms with Crippen LogP contribution < -0.4 is 4.90 Å². The van der Waals surface area contributed by atoms with Crippen LogP contribution in [0.1, 0.15) is 18.4 Å². The Bertz CT molecular complexity index is 763. The van der Waals surface area contributed by atoms with Gasteiger partial charge in [-0.15, -0.1) is 0 Å². The third-order valence-corrected chi connectivity index (χ3v) is 5.87. The van der Waals surface area contributed by atoms with E-state index in [0.29, 0.717) is 19.6 Å². The van der Waals surface area contributed by atoms with Gasteiger partial charge < -0.3 is 4.90 Å². The predicted molar refractivity (Wildman–Crippen MR) is 87.5 cm³/mol. The van der Waals surface area contributed by atoms with Crippen LogP contribution >= 0.6 is 0 Å². The first-order valence-corrected chi connectivity index (χ1v) is 9.06. The van der Waals surface area contributed by atoms with Gasteiger partial charge in [0.05, 0.1) is 6.20 Å². The lowest BCUT2D eigenvalue weighted by molar-refractivity contribution is 0.477. The van der Waals surface area contributed by atoms with E-state index in [-0.39, 0.29) is 4.90 Å². The smallest absolute Gasteiger partial charge is 0.244 e. The zero-order chi connectivity index (χ0) is 16.4. The van der Waals surface area contributed by atoms with Gasteiger partial charge in [-0.2, -0.15) is 9.40 Å². The van der Waals surface area contributed by atoms with Crippen molar-refractivity contribution in [3.05, 3.63) is 36.3 Å². The van der Waals surface area contributed by atoms with E-state index in [2.05, 4.69) is 10.1 Å². The Morgan fingerprint density at radius 2 is 1.96 bits per heavy atom. The molecule has 0 spiro atoms. The monoisotopic (exact) mass is 335 g/mol. The van der Waals surface area contributed by atoms with Gasteiger partial charge in [0.2, 0.25) is 10.0 Å². The minimum absolute atomic E-state index is 0.262. The summed E-state index contributed by atoms with van der Waals surface area (Å²) in [5.74, 6) is 0.731. The maximum atomic E-state index is 12.5. The zero-order valence-electron chi connectivity index (χ0n) is 13.4. The van der Waals surface area contributed by atoms with Crippen LogP contribution in [-0.4, -0.2) is 47.6 Å². The Labute approximate surface area is 136 Å². The SMILES string of the molecule is CN(Cc1cnn(C)c1)c1ccc(S(=O)(=O)N2CCCC2)cn1. The highest BCUT2D eigenvalue weighted by molar-refractivity contribution is 7.89. The molecule has 3 rings (SSSR count). The Morgan fingerprint density at radius 1 is 1.22 bits per heavy atom. The van der Waals surface area contributed by atoms with Crippen molar-refractivity contribution in [3.63, 3.8) is 0 Å². The molecule has 2 aromatic heterocycles. The maximum absolute atomic E-state index is 12.5. The van der Waals surface area contributed by atoms with Crippen LogP contribution in [-0.2, 0) is 23.6 Å². The molecule has 0 aromatic carbocycles. The average molecular weight is 335 g/mol. The number of hydrogen-bond donors (Lipinski definition) is 0. The molecule has 1 aliphatic heterocycles. The van der Waals surface area contributed by atoms with Gasteiger partial charge in [0.25, 0.3) is 0 Å². The van der Waals surface area contributed by atoms with Crippen molar-refractivity contribution in [3.8, 4) is 0 Å². The largest absolute Gasteiger partial charge is 0.355 e. The lowest BCUT2D eigenvalue weighted by Gasteiger charge is -2.19. The molecule has 124 valence electrons. The van der Waals surface area contributed by atoms with Crippen LogP contribution in [0.4, 0.5) is 5.82 Å². The zero-order valence-corrected chi connectivity index (χ0v) is 14.2. The fourth-order valence-electron chi connectivity index (χ4n) is 2.74. The molecule has 8 heteroatoms. The van der Waals surface area contributed by atoms with Crippen molar-refractivity contribution in [2.24, 2.45) is 7.05 Å². The molecule has 0 saturated carbocycles. The quantitative estimate of drug-likeness (QED) is 0.822. The summed E-state index contributed by atoms with van der Waals surface area (Å²) in [6, 6.07) is 3.38. The van der Waals surface area contributed by atoms with Crippen molar-refractivity contribution >= 4 is 15.8 Å². The third kappa shape index (κ3) is 3.37. The molecule has 1 saturated heterocycles. The van der Waals surface area contributed by atoms with Gasteiger partial charge in [-0.3, -0.25) is 4.68 Å². The summed E-state index contributed by atoms with van der Waals surface area (Å²) in [6.07, 6.45) is 7.06. The molecule has 0 N–H and O–H groups in total. The molecule has 1 fully saturated rings. The van der Waals surface area contributed by atoms with Gasteiger partial charge in [-0.25, -0.2) is 13.4 Å². The van der Waals surface area contributed by atoms with E-state index < -0.39 is 10.0 Å². The van der Waals surface area contributed by atoms with Crippen LogP contribution in [0.3, 0.4) is 0 Å². The molecular weight excluding hydrogens is 314 g/mol. The van der Waals surface area contributed by atoms with E-state index in [1.165, 1.54) is 10.5 Å². The standard InChI is InChI=1S/C15H21N5O2S/c1-18(11-13-9-17-19(2)12-13)15-6-5-14(10-16-15)23(21,22)20-7-3-4-8-20/h5-6,9-10,12H,3-4,7-8,11H2,1-2H3. The molecular formula is C15H21N5O2S. The van der Waals surface area contributed by atoms with E-state index in [1.54, 1.807) is 16.8 Å². The molecule has 0 radical (unpaired) electrons. The van der Waals surface area contributed by atoms with E-state index in [0.717, 1.165) is 24.2 Å². The summed E-state index contributed by atoms with van der Waals surface area (Å²) in [5.41, 5.74) is 1.07. The van der Waals surface area contributed by atoms with Crippen molar-refractivity contribution in [2.75, 3.05) is 25.0 Å². The van der Waals surface area contributed by atoms with Gasteiger partial charge in [0.1, 0.15) is 10.7 Å². The Balaban J connectivity index is 1.73. The number of rotatable bonds is 5. The number of sulfonamides is 1. The van der Waals surface area contributed by atoms with Gasteiger partial charge in [0, 0.05) is 51.7 Å². The highest BCUT2D eigenvalue weighted by Crippen LogP contribution is 2.22. The van der Waals surface area contributed by atoms with Crippen molar-refractivity contribution < 1.29 is 8.42 Å². The molecule has 3 heterocycles. The van der Waals surface area contributed by atoms with Crippen molar-refractivity contribution in [2.45, 2.75) is 24.3 Å². The molecule has 0 aliphatic carbocycles. The number of hydrogen-bond acceptors (Lipinski definition) is 5. The normalized spacial score (nSPS) is 15.9. The molecule has 7 nitrogen and oxygen atoms in total. The lowest BCUT2D eigenvalue weighted by atomic mass is 10.3. The van der Waals surface area contributed by atoms with E-state index >= 15 is 0 Å². The number of anilines is 1. The minimum atomic E-state index is -3.40. The van der Waals surface area contributed by atoms with E-state index in [1.807, 2.05) is 31.4 Å². The van der Waals surface area contributed by atoms with Crippen molar-refractivity contribution in [1.29, 1.82) is 0 Å². The summed E-state index contributed by atoms with van der Waals surface area (Å²) < 4.78 is 28.2. The second kappa shape index (κ2) is 6.29. The molecule has 2 aromatic rings. The highest BCUT2D eigenvalue weighted by Gasteiger charge is 2.27. The van der Waals surface area contributed by atoms with Crippen molar-refractivity contribution in [1.82, 2.24) is 19.1 Å². The first kappa shape index (κ1) is 15.9. The van der Waals surface area contributed by atoms with Crippen LogP contribution in [0.15, 0.2) is 35.6 Å². The van der Waals surface area contributed by atoms with Gasteiger partial charge in [0.15, 0.2) is 0 Å². The van der Waals surface area contributed by atoms with Crippen LogP contribution in [0.25, 0.3) is 0 Å². The molecule has 0 bridgehead atoms. The molecule has 0 amide bonds. The first-order chi connectivity index (χ1) is 11.0. The Kier molecular flexibility index (Phi) is 4.36. The number of pyridine rings is 1. The average Bonchev–Trinajstić information content (AvgIpc) is 3.19. The third-order valence-electron chi connectivity index (χ3n) is 3.99. The lowest BCUT2D eigenvalue weighted by Crippen LogP contribution is -2.28. The summed E-state index contributed by atoms with van der Waals surface area (Å²) in [4.78, 5) is 6.54. The van der Waals surface area contributed by atoms with Gasteiger partial charge >= 0.3 is 0 Å². The Hall–Kier alpha value is -1.93. The molecule has 1 aliphatic rings. The summed E-state index contributed by atoms with van der Waals surface area (Å²) in [6.45, 7) is 1.87. The fourth-order valence-corrected chi connectivity index (χ4v) is 4.20. The molecule has 0 atom stereocenters. The maximum Gasteiger partial charge on any atom is 0.244 e. The molecule has 0 unspecified atom stereocenters.